The zero-order valence-corrected chi connectivity index (χ0v) is 10.3. The van der Waals surface area contributed by atoms with Crippen LogP contribution in [0.2, 0.25) is 0 Å². The second-order valence-corrected chi connectivity index (χ2v) is 5.49. The predicted octanol–water partition coefficient (Wildman–Crippen LogP) is 1.35. The summed E-state index contributed by atoms with van der Waals surface area (Å²) in [5, 5.41) is 9.67. The Bertz CT molecular complexity index is 204. The Hall–Kier alpha value is -0.120. The van der Waals surface area contributed by atoms with Crippen molar-refractivity contribution in [2.24, 2.45) is 11.7 Å². The molecule has 2 aliphatic rings. The Kier molecular flexibility index (Phi) is 4.62. The second-order valence-electron chi connectivity index (χ2n) is 5.49. The molecule has 94 valence electrons. The van der Waals surface area contributed by atoms with Gasteiger partial charge in [0.05, 0.1) is 6.10 Å². The van der Waals surface area contributed by atoms with Gasteiger partial charge in [-0.3, -0.25) is 4.90 Å². The van der Waals surface area contributed by atoms with Gasteiger partial charge in [-0.1, -0.05) is 19.3 Å². The monoisotopic (exact) mass is 226 g/mol. The Morgan fingerprint density at radius 1 is 1.12 bits per heavy atom. The van der Waals surface area contributed by atoms with E-state index in [1.54, 1.807) is 0 Å². The molecule has 0 bridgehead atoms. The molecule has 0 radical (unpaired) electrons. The maximum atomic E-state index is 9.67. The first kappa shape index (κ1) is 12.3. The molecule has 0 aromatic carbocycles. The van der Waals surface area contributed by atoms with Gasteiger partial charge >= 0.3 is 0 Å². The maximum absolute atomic E-state index is 9.67. The minimum Gasteiger partial charge on any atom is -0.390 e. The van der Waals surface area contributed by atoms with E-state index in [2.05, 4.69) is 4.90 Å². The first-order valence-electron chi connectivity index (χ1n) is 6.93. The molecular weight excluding hydrogens is 200 g/mol. The molecular formula is C13H26N2O. The van der Waals surface area contributed by atoms with Crippen molar-refractivity contribution in [1.29, 1.82) is 0 Å². The minimum absolute atomic E-state index is 0.329. The van der Waals surface area contributed by atoms with Crippen LogP contribution in [0.5, 0.6) is 0 Å². The Balaban J connectivity index is 1.86. The van der Waals surface area contributed by atoms with E-state index in [4.69, 9.17) is 5.73 Å². The smallest absolute Gasteiger partial charge is 0.0789 e. The molecule has 3 N–H and O–H groups in total. The Morgan fingerprint density at radius 2 is 1.88 bits per heavy atom. The highest BCUT2D eigenvalue weighted by atomic mass is 16.3. The van der Waals surface area contributed by atoms with Gasteiger partial charge in [0.2, 0.25) is 0 Å². The average molecular weight is 226 g/mol. The van der Waals surface area contributed by atoms with E-state index in [0.29, 0.717) is 6.54 Å². The van der Waals surface area contributed by atoms with Gasteiger partial charge in [0.25, 0.3) is 0 Å². The van der Waals surface area contributed by atoms with Crippen LogP contribution in [0.4, 0.5) is 0 Å². The molecule has 1 saturated carbocycles. The van der Waals surface area contributed by atoms with Crippen LogP contribution < -0.4 is 5.73 Å². The highest BCUT2D eigenvalue weighted by molar-refractivity contribution is 4.87. The Labute approximate surface area is 99.0 Å². The van der Waals surface area contributed by atoms with Crippen LogP contribution in [0.1, 0.15) is 44.9 Å². The first-order valence-corrected chi connectivity index (χ1v) is 6.93. The number of likely N-dealkylation sites (tertiary alicyclic amines) is 1. The molecule has 2 fully saturated rings. The van der Waals surface area contributed by atoms with Gasteiger partial charge in [-0.2, -0.15) is 0 Å². The molecule has 3 nitrogen and oxygen atoms in total. The van der Waals surface area contributed by atoms with Crippen LogP contribution in [0.3, 0.4) is 0 Å². The normalized spacial score (nSPS) is 30.8. The van der Waals surface area contributed by atoms with Crippen molar-refractivity contribution in [3.8, 4) is 0 Å². The molecule has 0 amide bonds. The summed E-state index contributed by atoms with van der Waals surface area (Å²) in [6, 6.07) is 0.737. The van der Waals surface area contributed by atoms with E-state index in [9.17, 15) is 5.11 Å². The van der Waals surface area contributed by atoms with E-state index in [1.807, 2.05) is 0 Å². The van der Waals surface area contributed by atoms with Crippen molar-refractivity contribution >= 4 is 0 Å². The standard InChI is InChI=1S/C13H26N2O/c14-9-12(16)10-15-8-4-7-13(15)11-5-2-1-3-6-11/h11-13,16H,1-10,14H2/t12-,13?/m0/s1. The van der Waals surface area contributed by atoms with E-state index in [0.717, 1.165) is 25.0 Å². The number of hydrogen-bond acceptors (Lipinski definition) is 3. The number of aliphatic hydroxyl groups is 1. The van der Waals surface area contributed by atoms with Crippen molar-refractivity contribution in [3.05, 3.63) is 0 Å². The second kappa shape index (κ2) is 5.99. The summed E-state index contributed by atoms with van der Waals surface area (Å²) in [6.45, 7) is 2.35. The molecule has 1 aliphatic heterocycles. The molecule has 3 heteroatoms. The van der Waals surface area contributed by atoms with Crippen LogP contribution in [0.25, 0.3) is 0 Å². The number of rotatable bonds is 4. The zero-order valence-electron chi connectivity index (χ0n) is 10.3. The van der Waals surface area contributed by atoms with Crippen LogP contribution in [-0.4, -0.2) is 41.8 Å². The van der Waals surface area contributed by atoms with Gasteiger partial charge in [-0.15, -0.1) is 0 Å². The molecule has 0 aromatic rings. The summed E-state index contributed by atoms with van der Waals surface area (Å²) in [6.07, 6.45) is 9.36. The molecule has 1 aliphatic carbocycles. The molecule has 2 atom stereocenters. The molecule has 1 heterocycles. The fourth-order valence-electron chi connectivity index (χ4n) is 3.48. The summed E-state index contributed by atoms with van der Waals surface area (Å²) < 4.78 is 0. The van der Waals surface area contributed by atoms with Crippen molar-refractivity contribution in [2.75, 3.05) is 19.6 Å². The van der Waals surface area contributed by atoms with Gasteiger partial charge in [-0.25, -0.2) is 0 Å². The van der Waals surface area contributed by atoms with Crippen molar-refractivity contribution in [1.82, 2.24) is 4.90 Å². The lowest BCUT2D eigenvalue weighted by atomic mass is 9.83. The highest BCUT2D eigenvalue weighted by Gasteiger charge is 2.32. The number of nitrogens with zero attached hydrogens (tertiary/aromatic N) is 1. The largest absolute Gasteiger partial charge is 0.390 e. The van der Waals surface area contributed by atoms with Crippen LogP contribution in [-0.2, 0) is 0 Å². The number of hydrogen-bond donors (Lipinski definition) is 2. The third kappa shape index (κ3) is 2.96. The van der Waals surface area contributed by atoms with Crippen LogP contribution in [0, 0.1) is 5.92 Å². The lowest BCUT2D eigenvalue weighted by molar-refractivity contribution is 0.0846. The van der Waals surface area contributed by atoms with Crippen molar-refractivity contribution < 1.29 is 5.11 Å². The maximum Gasteiger partial charge on any atom is 0.0789 e. The molecule has 2 rings (SSSR count). The predicted molar refractivity (Wildman–Crippen MR) is 66.2 cm³/mol. The van der Waals surface area contributed by atoms with Gasteiger partial charge in [0, 0.05) is 19.1 Å². The van der Waals surface area contributed by atoms with Crippen molar-refractivity contribution in [3.63, 3.8) is 0 Å². The number of aliphatic hydroxyl groups excluding tert-OH is 1. The lowest BCUT2D eigenvalue weighted by Crippen LogP contribution is -2.42. The summed E-state index contributed by atoms with van der Waals surface area (Å²) in [5.74, 6) is 0.890. The third-order valence-corrected chi connectivity index (χ3v) is 4.33. The van der Waals surface area contributed by atoms with Crippen molar-refractivity contribution in [2.45, 2.75) is 57.1 Å². The van der Waals surface area contributed by atoms with E-state index >= 15 is 0 Å². The molecule has 1 unspecified atom stereocenters. The highest BCUT2D eigenvalue weighted by Crippen LogP contribution is 2.34. The zero-order chi connectivity index (χ0) is 11.4. The van der Waals surface area contributed by atoms with Gasteiger partial charge in [0.15, 0.2) is 0 Å². The lowest BCUT2D eigenvalue weighted by Gasteiger charge is -2.34. The first-order chi connectivity index (χ1) is 7.81. The average Bonchev–Trinajstić information content (AvgIpc) is 2.78. The van der Waals surface area contributed by atoms with E-state index in [-0.39, 0.29) is 6.10 Å². The summed E-state index contributed by atoms with van der Waals surface area (Å²) >= 11 is 0. The molecule has 0 spiro atoms. The fraction of sp³-hybridized carbons (Fsp3) is 1.00. The minimum atomic E-state index is -0.329. The van der Waals surface area contributed by atoms with E-state index in [1.165, 1.54) is 44.9 Å². The fourth-order valence-corrected chi connectivity index (χ4v) is 3.48. The molecule has 1 saturated heterocycles. The molecule has 16 heavy (non-hydrogen) atoms. The quantitative estimate of drug-likeness (QED) is 0.761. The summed E-state index contributed by atoms with van der Waals surface area (Å²) in [7, 11) is 0. The van der Waals surface area contributed by atoms with Crippen LogP contribution >= 0.6 is 0 Å². The number of nitrogens with two attached hydrogens (primary N) is 1. The van der Waals surface area contributed by atoms with Gasteiger partial charge in [-0.05, 0) is 38.1 Å². The SMILES string of the molecule is NC[C@H](O)CN1CCCC1C1CCCCC1. The van der Waals surface area contributed by atoms with Gasteiger partial charge in [0.1, 0.15) is 0 Å². The molecule has 0 aromatic heterocycles. The van der Waals surface area contributed by atoms with Gasteiger partial charge < -0.3 is 10.8 Å². The van der Waals surface area contributed by atoms with E-state index < -0.39 is 0 Å². The van der Waals surface area contributed by atoms with Crippen LogP contribution in [0.15, 0.2) is 0 Å². The Morgan fingerprint density at radius 3 is 2.56 bits per heavy atom. The summed E-state index contributed by atoms with van der Waals surface area (Å²) in [4.78, 5) is 2.49. The third-order valence-electron chi connectivity index (χ3n) is 4.33. The summed E-state index contributed by atoms with van der Waals surface area (Å²) in [5.41, 5.74) is 5.50. The number of β-amino-alcohol motifs (C(OH)–C–C–N with tert-alkyl or cyclic N) is 1. The topological polar surface area (TPSA) is 49.5 Å².